The number of rotatable bonds is 3. The molecule has 6 heteroatoms. The Morgan fingerprint density at radius 2 is 1.96 bits per heavy atom. The lowest BCUT2D eigenvalue weighted by molar-refractivity contribution is -0.166. The molecule has 0 saturated heterocycles. The van der Waals surface area contributed by atoms with E-state index in [0.29, 0.717) is 37.6 Å². The van der Waals surface area contributed by atoms with E-state index < -0.39 is 11.3 Å². The molecule has 8 atom stereocenters. The largest absolute Gasteiger partial charge is 0.390 e. The van der Waals surface area contributed by atoms with Crippen molar-refractivity contribution < 1.29 is 14.3 Å². The first kappa shape index (κ1) is 18.8. The van der Waals surface area contributed by atoms with Crippen LogP contribution in [0.1, 0.15) is 71.6 Å². The van der Waals surface area contributed by atoms with Crippen molar-refractivity contribution >= 4 is 5.78 Å². The first-order valence-corrected chi connectivity index (χ1v) is 11.2. The van der Waals surface area contributed by atoms with Gasteiger partial charge in [0.15, 0.2) is 5.78 Å². The summed E-state index contributed by atoms with van der Waals surface area (Å²) in [7, 11) is 0. The summed E-state index contributed by atoms with van der Waals surface area (Å²) in [6.07, 6.45) is 9.11. The Kier molecular flexibility index (Phi) is 4.15. The minimum Gasteiger partial charge on any atom is -0.390 e. The lowest BCUT2D eigenvalue weighted by Gasteiger charge is -2.59. The second kappa shape index (κ2) is 6.16. The quantitative estimate of drug-likeness (QED) is 0.821. The SMILES string of the molecule is C[C@@]1(O)CC[C@@]2(F)[C@H](CC[C@H]3[C@@H]4CC[C@H](C(=O)Cn5nc[nH]5)[C@@]4(C)CC[C@@H]32)C1. The van der Waals surface area contributed by atoms with Gasteiger partial charge in [0.25, 0.3) is 0 Å². The van der Waals surface area contributed by atoms with Gasteiger partial charge in [-0.3, -0.25) is 9.89 Å². The zero-order valence-electron chi connectivity index (χ0n) is 17.2. The number of nitrogens with one attached hydrogen (secondary N) is 1. The van der Waals surface area contributed by atoms with Gasteiger partial charge in [-0.05, 0) is 93.8 Å². The minimum absolute atomic E-state index is 0.0101. The molecule has 4 aliphatic carbocycles. The molecule has 0 amide bonds. The molecular formula is C22H34FN3O2. The maximum absolute atomic E-state index is 16.4. The summed E-state index contributed by atoms with van der Waals surface area (Å²) < 4.78 is 16.4. The van der Waals surface area contributed by atoms with Crippen LogP contribution in [0.15, 0.2) is 6.33 Å². The van der Waals surface area contributed by atoms with Crippen LogP contribution in [-0.4, -0.2) is 37.2 Å². The Labute approximate surface area is 166 Å². The molecule has 156 valence electrons. The van der Waals surface area contributed by atoms with Crippen LogP contribution in [0.2, 0.25) is 0 Å². The number of hydrogen-bond acceptors (Lipinski definition) is 3. The number of aliphatic hydroxyl groups is 1. The number of aromatic amines is 1. The highest BCUT2D eigenvalue weighted by atomic mass is 19.1. The lowest BCUT2D eigenvalue weighted by atomic mass is 9.48. The van der Waals surface area contributed by atoms with Crippen molar-refractivity contribution in [2.75, 3.05) is 0 Å². The Morgan fingerprint density at radius 3 is 2.68 bits per heavy atom. The maximum Gasteiger partial charge on any atom is 0.159 e. The molecule has 1 aromatic heterocycles. The standard InChI is InChI=1S/C22H34FN3O2/c1-20(28)9-10-22(23)14(11-20)3-4-15-16-5-6-18(19(27)12-26-24-13-25-26)21(16,2)8-7-17(15)22/h13-18,28H,3-12H2,1-2H3,(H,24,25)/t14-,15+,16+,17+,18-,20-,21+,22-/m1/s1. The summed E-state index contributed by atoms with van der Waals surface area (Å²) in [4.78, 5) is 14.6. The number of carbonyl (C=O) groups is 1. The summed E-state index contributed by atoms with van der Waals surface area (Å²) in [5.41, 5.74) is -1.80. The smallest absolute Gasteiger partial charge is 0.159 e. The number of nitrogens with zero attached hydrogens (tertiary/aromatic N) is 2. The molecule has 0 spiro atoms. The number of fused-ring (bicyclic) bond motifs is 5. The summed E-state index contributed by atoms with van der Waals surface area (Å²) in [5, 5.41) is 17.5. The second-order valence-electron chi connectivity index (χ2n) is 10.9. The van der Waals surface area contributed by atoms with Gasteiger partial charge >= 0.3 is 0 Å². The number of H-pyrrole nitrogens is 1. The third-order valence-electron chi connectivity index (χ3n) is 9.41. The topological polar surface area (TPSA) is 70.9 Å². The number of alkyl halides is 1. The van der Waals surface area contributed by atoms with Crippen LogP contribution >= 0.6 is 0 Å². The number of Topliss-reactive ketones (excluding diaryl/α,β-unsaturated/α-hetero) is 1. The van der Waals surface area contributed by atoms with Crippen molar-refractivity contribution in [1.82, 2.24) is 15.0 Å². The van der Waals surface area contributed by atoms with E-state index in [1.54, 1.807) is 11.1 Å². The summed E-state index contributed by atoms with van der Waals surface area (Å²) in [6.45, 7) is 4.52. The van der Waals surface area contributed by atoms with Crippen LogP contribution < -0.4 is 0 Å². The predicted molar refractivity (Wildman–Crippen MR) is 103 cm³/mol. The van der Waals surface area contributed by atoms with Crippen molar-refractivity contribution in [3.05, 3.63) is 6.33 Å². The van der Waals surface area contributed by atoms with E-state index in [1.807, 2.05) is 6.92 Å². The van der Waals surface area contributed by atoms with Crippen LogP contribution in [0, 0.1) is 35.0 Å². The van der Waals surface area contributed by atoms with Crippen LogP contribution in [0.25, 0.3) is 0 Å². The maximum atomic E-state index is 16.4. The third-order valence-corrected chi connectivity index (χ3v) is 9.41. The van der Waals surface area contributed by atoms with E-state index in [9.17, 15) is 9.90 Å². The fraction of sp³-hybridized carbons (Fsp3) is 0.909. The predicted octanol–water partition coefficient (Wildman–Crippen LogP) is 3.89. The first-order chi connectivity index (χ1) is 13.2. The minimum atomic E-state index is -1.11. The molecule has 5 nitrogen and oxygen atoms in total. The van der Waals surface area contributed by atoms with Crippen molar-refractivity contribution in [3.63, 3.8) is 0 Å². The summed E-state index contributed by atoms with van der Waals surface area (Å²) >= 11 is 0. The summed E-state index contributed by atoms with van der Waals surface area (Å²) in [6, 6.07) is 0. The van der Waals surface area contributed by atoms with Crippen LogP contribution in [0.5, 0.6) is 0 Å². The van der Waals surface area contributed by atoms with Gasteiger partial charge in [0.05, 0.1) is 5.60 Å². The highest BCUT2D eigenvalue weighted by Crippen LogP contribution is 2.66. The molecule has 0 radical (unpaired) electrons. The van der Waals surface area contributed by atoms with Gasteiger partial charge in [0, 0.05) is 5.92 Å². The Balaban J connectivity index is 1.36. The van der Waals surface area contributed by atoms with Gasteiger partial charge in [-0.1, -0.05) is 6.92 Å². The molecule has 4 fully saturated rings. The zero-order chi connectivity index (χ0) is 19.7. The number of carbonyl (C=O) groups excluding carboxylic acids is 1. The molecule has 4 saturated carbocycles. The van der Waals surface area contributed by atoms with Gasteiger partial charge in [0.1, 0.15) is 18.5 Å². The molecule has 4 aliphatic rings. The van der Waals surface area contributed by atoms with Crippen molar-refractivity contribution in [3.8, 4) is 0 Å². The Hall–Kier alpha value is -1.17. The van der Waals surface area contributed by atoms with Crippen LogP contribution in [-0.2, 0) is 11.3 Å². The lowest BCUT2D eigenvalue weighted by Crippen LogP contribution is -2.58. The van der Waals surface area contributed by atoms with Crippen LogP contribution in [0.4, 0.5) is 4.39 Å². The van der Waals surface area contributed by atoms with Crippen LogP contribution in [0.3, 0.4) is 0 Å². The van der Waals surface area contributed by atoms with Crippen molar-refractivity contribution in [2.45, 2.75) is 89.4 Å². The fourth-order valence-electron chi connectivity index (χ4n) is 7.99. The van der Waals surface area contributed by atoms with E-state index in [-0.39, 0.29) is 29.0 Å². The summed E-state index contributed by atoms with van der Waals surface area (Å²) in [5.74, 6) is 1.36. The number of hydrogen-bond donors (Lipinski definition) is 2. The van der Waals surface area contributed by atoms with Crippen molar-refractivity contribution in [2.24, 2.45) is 35.0 Å². The van der Waals surface area contributed by atoms with E-state index >= 15 is 4.39 Å². The molecule has 1 heterocycles. The van der Waals surface area contributed by atoms with Gasteiger partial charge in [-0.2, -0.15) is 4.80 Å². The highest BCUT2D eigenvalue weighted by Gasteiger charge is 2.63. The van der Waals surface area contributed by atoms with E-state index in [2.05, 4.69) is 17.1 Å². The molecule has 28 heavy (non-hydrogen) atoms. The Bertz CT molecular complexity index is 748. The Morgan fingerprint density at radius 1 is 1.18 bits per heavy atom. The molecule has 0 aromatic carbocycles. The number of halogens is 1. The normalized spacial score (nSPS) is 50.6. The molecule has 1 aromatic rings. The number of aromatic nitrogens is 3. The van der Waals surface area contributed by atoms with Gasteiger partial charge in [0.2, 0.25) is 0 Å². The molecule has 2 N–H and O–H groups in total. The molecule has 5 rings (SSSR count). The van der Waals surface area contributed by atoms with Gasteiger partial charge in [-0.25, -0.2) is 4.39 Å². The molecule has 0 unspecified atom stereocenters. The average Bonchev–Trinajstić information content (AvgIpc) is 2.96. The highest BCUT2D eigenvalue weighted by molar-refractivity contribution is 5.82. The van der Waals surface area contributed by atoms with Gasteiger partial charge < -0.3 is 5.11 Å². The number of ketones is 1. The molecule has 0 aliphatic heterocycles. The third kappa shape index (κ3) is 2.66. The fourth-order valence-corrected chi connectivity index (χ4v) is 7.99. The van der Waals surface area contributed by atoms with Crippen molar-refractivity contribution in [1.29, 1.82) is 0 Å². The van der Waals surface area contributed by atoms with Gasteiger partial charge in [-0.15, -0.1) is 5.10 Å². The first-order valence-electron chi connectivity index (χ1n) is 11.2. The average molecular weight is 392 g/mol. The van der Waals surface area contributed by atoms with E-state index in [1.165, 1.54) is 0 Å². The van der Waals surface area contributed by atoms with E-state index in [4.69, 9.17) is 0 Å². The van der Waals surface area contributed by atoms with E-state index in [0.717, 1.165) is 38.5 Å². The monoisotopic (exact) mass is 391 g/mol. The second-order valence-corrected chi connectivity index (χ2v) is 10.9. The zero-order valence-corrected chi connectivity index (χ0v) is 17.2. The molecular weight excluding hydrogens is 357 g/mol. The molecule has 0 bridgehead atoms.